The molecule has 1 nitrogen and oxygen atoms in total. The summed E-state index contributed by atoms with van der Waals surface area (Å²) in [6.45, 7) is 3.69. The molecule has 0 aromatic heterocycles. The van der Waals surface area contributed by atoms with E-state index < -0.39 is 5.60 Å². The zero-order chi connectivity index (χ0) is 7.19. The molecular weight excluding hydrogens is 124 g/mol. The maximum atomic E-state index is 11.8. The first-order chi connectivity index (χ1) is 4.77. The Bertz CT molecular complexity index is 164. The Morgan fingerprint density at radius 1 is 1.60 bits per heavy atom. The molecule has 1 radical (unpaired) electrons. The van der Waals surface area contributed by atoms with Gasteiger partial charge in [0.1, 0.15) is 5.60 Å². The Labute approximate surface area is 61.8 Å². The van der Waals surface area contributed by atoms with Gasteiger partial charge in [-0.05, 0) is 25.2 Å². The van der Waals surface area contributed by atoms with Crippen molar-refractivity contribution in [1.29, 1.82) is 0 Å². The highest BCUT2D eigenvalue weighted by Crippen LogP contribution is 2.55. The number of hydrogen-bond donors (Lipinski definition) is 0. The van der Waals surface area contributed by atoms with Gasteiger partial charge in [-0.2, -0.15) is 0 Å². The molecule has 2 saturated carbocycles. The Balaban J connectivity index is 2.15. The molecule has 2 aliphatic carbocycles. The van der Waals surface area contributed by atoms with Crippen LogP contribution in [0.15, 0.2) is 12.7 Å². The monoisotopic (exact) mass is 137 g/mol. The van der Waals surface area contributed by atoms with Gasteiger partial charge in [0.05, 0.1) is 0 Å². The summed E-state index contributed by atoms with van der Waals surface area (Å²) in [7, 11) is 0. The highest BCUT2D eigenvalue weighted by Gasteiger charge is 2.56. The summed E-state index contributed by atoms with van der Waals surface area (Å²) in [6, 6.07) is 0. The highest BCUT2D eigenvalue weighted by atomic mass is 16.3. The number of fused-ring (bicyclic) bond motifs is 1. The summed E-state index contributed by atoms with van der Waals surface area (Å²) >= 11 is 0. The van der Waals surface area contributed by atoms with Crippen LogP contribution in [0.4, 0.5) is 0 Å². The molecule has 0 amide bonds. The lowest BCUT2D eigenvalue weighted by atomic mass is 9.63. The van der Waals surface area contributed by atoms with Crippen LogP contribution in [-0.2, 0) is 5.11 Å². The van der Waals surface area contributed by atoms with Crippen molar-refractivity contribution in [2.45, 2.75) is 31.3 Å². The van der Waals surface area contributed by atoms with Crippen LogP contribution in [0.5, 0.6) is 0 Å². The summed E-state index contributed by atoms with van der Waals surface area (Å²) in [5.41, 5.74) is -0.568. The first-order valence-corrected chi connectivity index (χ1v) is 4.10. The predicted octanol–water partition coefficient (Wildman–Crippen LogP) is 2.16. The maximum Gasteiger partial charge on any atom is 0.113 e. The topological polar surface area (TPSA) is 19.9 Å². The predicted molar refractivity (Wildman–Crippen MR) is 39.1 cm³/mol. The van der Waals surface area contributed by atoms with E-state index in [0.717, 1.165) is 19.3 Å². The molecule has 0 saturated heterocycles. The van der Waals surface area contributed by atoms with Crippen LogP contribution in [0.3, 0.4) is 0 Å². The van der Waals surface area contributed by atoms with Gasteiger partial charge in [-0.15, -0.1) is 6.58 Å². The van der Waals surface area contributed by atoms with Gasteiger partial charge in [0.2, 0.25) is 0 Å². The van der Waals surface area contributed by atoms with Crippen molar-refractivity contribution in [3.63, 3.8) is 0 Å². The molecule has 0 spiro atoms. The molecule has 2 rings (SSSR count). The zero-order valence-corrected chi connectivity index (χ0v) is 6.18. The van der Waals surface area contributed by atoms with Crippen molar-refractivity contribution in [3.05, 3.63) is 12.7 Å². The minimum atomic E-state index is -0.568. The van der Waals surface area contributed by atoms with E-state index in [1.54, 1.807) is 0 Å². The summed E-state index contributed by atoms with van der Waals surface area (Å²) in [5.74, 6) is 0.787. The molecular formula is C9H13O. The fourth-order valence-corrected chi connectivity index (χ4v) is 2.52. The van der Waals surface area contributed by atoms with Crippen molar-refractivity contribution < 1.29 is 5.11 Å². The first kappa shape index (κ1) is 6.41. The van der Waals surface area contributed by atoms with Crippen LogP contribution < -0.4 is 0 Å². The average molecular weight is 137 g/mol. The van der Waals surface area contributed by atoms with Crippen LogP contribution in [0.1, 0.15) is 25.7 Å². The molecule has 0 aliphatic heterocycles. The van der Waals surface area contributed by atoms with E-state index in [4.69, 9.17) is 0 Å². The fourth-order valence-electron chi connectivity index (χ4n) is 2.52. The molecule has 55 valence electrons. The minimum absolute atomic E-state index is 0.292. The molecule has 3 unspecified atom stereocenters. The van der Waals surface area contributed by atoms with Gasteiger partial charge in [-0.3, -0.25) is 0 Å². The lowest BCUT2D eigenvalue weighted by Crippen LogP contribution is -2.49. The highest BCUT2D eigenvalue weighted by molar-refractivity contribution is 5.11. The van der Waals surface area contributed by atoms with Gasteiger partial charge in [-0.1, -0.05) is 12.5 Å². The van der Waals surface area contributed by atoms with Gasteiger partial charge >= 0.3 is 0 Å². The Hall–Kier alpha value is -0.300. The van der Waals surface area contributed by atoms with Crippen LogP contribution in [-0.4, -0.2) is 5.60 Å². The van der Waals surface area contributed by atoms with Gasteiger partial charge in [-0.25, -0.2) is 5.11 Å². The smallest absolute Gasteiger partial charge is 0.113 e. The van der Waals surface area contributed by atoms with Gasteiger partial charge in [0, 0.05) is 5.92 Å². The second-order valence-corrected chi connectivity index (χ2v) is 3.62. The third-order valence-electron chi connectivity index (χ3n) is 3.26. The van der Waals surface area contributed by atoms with Crippen molar-refractivity contribution in [2.75, 3.05) is 0 Å². The zero-order valence-electron chi connectivity index (χ0n) is 6.18. The lowest BCUT2D eigenvalue weighted by molar-refractivity contribution is -0.158. The van der Waals surface area contributed by atoms with Gasteiger partial charge in [0.25, 0.3) is 0 Å². The second-order valence-electron chi connectivity index (χ2n) is 3.62. The standard InChI is InChI=1S/C9H13O/c1-2-7-6-8-4-3-5-9(7,8)10/h2,7-8H,1,3-6H2. The van der Waals surface area contributed by atoms with E-state index in [1.807, 2.05) is 6.08 Å². The molecule has 0 aromatic rings. The average Bonchev–Trinajstić information content (AvgIpc) is 2.17. The second kappa shape index (κ2) is 1.85. The Morgan fingerprint density at radius 2 is 2.40 bits per heavy atom. The van der Waals surface area contributed by atoms with E-state index >= 15 is 0 Å². The van der Waals surface area contributed by atoms with Crippen molar-refractivity contribution in [1.82, 2.24) is 0 Å². The van der Waals surface area contributed by atoms with Crippen LogP contribution in [0.2, 0.25) is 0 Å². The van der Waals surface area contributed by atoms with E-state index in [2.05, 4.69) is 6.58 Å². The Morgan fingerprint density at radius 3 is 3.00 bits per heavy atom. The molecule has 3 atom stereocenters. The fraction of sp³-hybridized carbons (Fsp3) is 0.778. The molecule has 0 bridgehead atoms. The molecule has 0 heterocycles. The molecule has 10 heavy (non-hydrogen) atoms. The molecule has 2 fully saturated rings. The van der Waals surface area contributed by atoms with Crippen molar-refractivity contribution in [2.24, 2.45) is 11.8 Å². The largest absolute Gasteiger partial charge is 0.229 e. The third-order valence-corrected chi connectivity index (χ3v) is 3.26. The van der Waals surface area contributed by atoms with E-state index in [9.17, 15) is 5.11 Å². The summed E-state index contributed by atoms with van der Waals surface area (Å²) in [4.78, 5) is 0. The first-order valence-electron chi connectivity index (χ1n) is 4.10. The van der Waals surface area contributed by atoms with Gasteiger partial charge < -0.3 is 0 Å². The molecule has 2 aliphatic rings. The van der Waals surface area contributed by atoms with E-state index in [-0.39, 0.29) is 0 Å². The van der Waals surface area contributed by atoms with E-state index in [1.165, 1.54) is 6.42 Å². The third kappa shape index (κ3) is 0.567. The minimum Gasteiger partial charge on any atom is -0.229 e. The molecule has 0 N–H and O–H groups in total. The SMILES string of the molecule is C=CC1CC2CCCC12[O]. The summed E-state index contributed by atoms with van der Waals surface area (Å²) in [5, 5.41) is 11.8. The van der Waals surface area contributed by atoms with Crippen molar-refractivity contribution in [3.8, 4) is 0 Å². The normalized spacial score (nSPS) is 51.7. The Kier molecular flexibility index (Phi) is 1.19. The van der Waals surface area contributed by atoms with Crippen LogP contribution in [0.25, 0.3) is 0 Å². The number of rotatable bonds is 1. The lowest BCUT2D eigenvalue weighted by Gasteiger charge is -2.45. The summed E-state index contributed by atoms with van der Waals surface area (Å²) < 4.78 is 0. The van der Waals surface area contributed by atoms with Crippen LogP contribution >= 0.6 is 0 Å². The maximum absolute atomic E-state index is 11.8. The quantitative estimate of drug-likeness (QED) is 0.493. The molecule has 0 aromatic carbocycles. The van der Waals surface area contributed by atoms with E-state index in [0.29, 0.717) is 11.8 Å². The van der Waals surface area contributed by atoms with Crippen molar-refractivity contribution >= 4 is 0 Å². The number of hydrogen-bond acceptors (Lipinski definition) is 0. The molecule has 1 heteroatoms. The van der Waals surface area contributed by atoms with Gasteiger partial charge in [0.15, 0.2) is 0 Å². The summed E-state index contributed by atoms with van der Waals surface area (Å²) in [6.07, 6.45) is 6.20. The van der Waals surface area contributed by atoms with Crippen LogP contribution in [0, 0.1) is 11.8 Å².